The first-order valence-electron chi connectivity index (χ1n) is 8.52. The van der Waals surface area contributed by atoms with Crippen molar-refractivity contribution in [2.24, 2.45) is 0 Å². The molecule has 0 saturated carbocycles. The average Bonchev–Trinajstić information content (AvgIpc) is 2.71. The standard InChI is InChI=1S/C21H18O7S/c1-26-17-8-4-14(5-9-17)3-7-16(22)13-29(24,25)20-11-15-6-10-18(27-2)12-19(15)28-21(20)23/h3-12H,13H2,1-2H3/b7-3-. The summed E-state index contributed by atoms with van der Waals surface area (Å²) in [7, 11) is -1.17. The fourth-order valence-corrected chi connectivity index (χ4v) is 3.86. The molecule has 0 aliphatic rings. The number of ether oxygens (including phenoxy) is 2. The van der Waals surface area contributed by atoms with Gasteiger partial charge in [-0.2, -0.15) is 0 Å². The van der Waals surface area contributed by atoms with Crippen LogP contribution in [0.25, 0.3) is 17.0 Å². The number of sulfone groups is 1. The van der Waals surface area contributed by atoms with E-state index in [0.717, 1.165) is 6.08 Å². The minimum atomic E-state index is -4.17. The first kappa shape index (κ1) is 20.3. The molecule has 0 aliphatic carbocycles. The lowest BCUT2D eigenvalue weighted by molar-refractivity contribution is -0.112. The van der Waals surface area contributed by atoms with Crippen molar-refractivity contribution in [3.8, 4) is 11.5 Å². The van der Waals surface area contributed by atoms with Crippen molar-refractivity contribution in [3.05, 3.63) is 70.6 Å². The molecule has 3 aromatic rings. The van der Waals surface area contributed by atoms with Gasteiger partial charge in [0.05, 0.1) is 14.2 Å². The predicted molar refractivity (Wildman–Crippen MR) is 108 cm³/mol. The minimum absolute atomic E-state index is 0.194. The number of rotatable bonds is 7. The second kappa shape index (κ2) is 8.32. The largest absolute Gasteiger partial charge is 0.497 e. The quantitative estimate of drug-likeness (QED) is 0.433. The van der Waals surface area contributed by atoms with Crippen molar-refractivity contribution < 1.29 is 27.1 Å². The van der Waals surface area contributed by atoms with Crippen LogP contribution < -0.4 is 15.1 Å². The molecule has 1 aromatic heterocycles. The second-order valence-corrected chi connectivity index (χ2v) is 8.09. The van der Waals surface area contributed by atoms with Gasteiger partial charge in [-0.05, 0) is 42.0 Å². The summed E-state index contributed by atoms with van der Waals surface area (Å²) in [5.41, 5.74) is -0.132. The van der Waals surface area contributed by atoms with E-state index in [4.69, 9.17) is 13.9 Å². The van der Waals surface area contributed by atoms with E-state index in [9.17, 15) is 18.0 Å². The monoisotopic (exact) mass is 414 g/mol. The van der Waals surface area contributed by atoms with E-state index >= 15 is 0 Å². The molecule has 2 aromatic carbocycles. The fraction of sp³-hybridized carbons (Fsp3) is 0.143. The maximum atomic E-state index is 12.6. The van der Waals surface area contributed by atoms with Crippen LogP contribution in [0.15, 0.2) is 68.7 Å². The van der Waals surface area contributed by atoms with Crippen LogP contribution in [0.1, 0.15) is 5.56 Å². The van der Waals surface area contributed by atoms with Gasteiger partial charge in [-0.3, -0.25) is 4.79 Å². The van der Waals surface area contributed by atoms with Gasteiger partial charge in [-0.15, -0.1) is 0 Å². The molecule has 0 N–H and O–H groups in total. The molecule has 0 amide bonds. The number of hydrogen-bond acceptors (Lipinski definition) is 7. The van der Waals surface area contributed by atoms with Crippen molar-refractivity contribution in [1.82, 2.24) is 0 Å². The molecule has 0 radical (unpaired) electrons. The van der Waals surface area contributed by atoms with Crippen LogP contribution in [-0.2, 0) is 14.6 Å². The van der Waals surface area contributed by atoms with Gasteiger partial charge in [-0.25, -0.2) is 13.2 Å². The average molecular weight is 414 g/mol. The number of fused-ring (bicyclic) bond motifs is 1. The number of benzene rings is 2. The number of ketones is 1. The minimum Gasteiger partial charge on any atom is -0.497 e. The Bertz CT molecular complexity index is 1240. The van der Waals surface area contributed by atoms with Crippen LogP contribution in [0, 0.1) is 0 Å². The first-order valence-corrected chi connectivity index (χ1v) is 10.2. The molecule has 0 fully saturated rings. The molecule has 0 unspecified atom stereocenters. The van der Waals surface area contributed by atoms with Gasteiger partial charge in [0.25, 0.3) is 0 Å². The van der Waals surface area contributed by atoms with Gasteiger partial charge in [0.2, 0.25) is 0 Å². The Morgan fingerprint density at radius 2 is 1.66 bits per heavy atom. The van der Waals surface area contributed by atoms with Crippen LogP contribution in [0.5, 0.6) is 11.5 Å². The van der Waals surface area contributed by atoms with Crippen LogP contribution in [-0.4, -0.2) is 34.2 Å². The predicted octanol–water partition coefficient (Wildman–Crippen LogP) is 2.87. The van der Waals surface area contributed by atoms with Crippen LogP contribution >= 0.6 is 0 Å². The van der Waals surface area contributed by atoms with Gasteiger partial charge in [-0.1, -0.05) is 18.2 Å². The van der Waals surface area contributed by atoms with Gasteiger partial charge >= 0.3 is 5.63 Å². The highest BCUT2D eigenvalue weighted by Gasteiger charge is 2.23. The Balaban J connectivity index is 1.82. The summed E-state index contributed by atoms with van der Waals surface area (Å²) in [6.07, 6.45) is 2.65. The summed E-state index contributed by atoms with van der Waals surface area (Å²) in [5, 5.41) is 0.408. The van der Waals surface area contributed by atoms with E-state index in [1.165, 1.54) is 25.3 Å². The van der Waals surface area contributed by atoms with Crippen LogP contribution in [0.3, 0.4) is 0 Å². The normalized spacial score (nSPS) is 11.7. The topological polar surface area (TPSA) is 99.9 Å². The van der Waals surface area contributed by atoms with Crippen molar-refractivity contribution in [3.63, 3.8) is 0 Å². The van der Waals surface area contributed by atoms with Crippen LogP contribution in [0.2, 0.25) is 0 Å². The van der Waals surface area contributed by atoms with Crippen molar-refractivity contribution >= 4 is 32.7 Å². The summed E-state index contributed by atoms with van der Waals surface area (Å²) in [6.45, 7) is 0. The highest BCUT2D eigenvalue weighted by atomic mass is 32.2. The van der Waals surface area contributed by atoms with Gasteiger partial charge in [0.15, 0.2) is 20.5 Å². The van der Waals surface area contributed by atoms with E-state index in [1.54, 1.807) is 43.5 Å². The van der Waals surface area contributed by atoms with E-state index in [1.807, 2.05) is 0 Å². The molecule has 1 heterocycles. The number of hydrogen-bond donors (Lipinski definition) is 0. The zero-order chi connectivity index (χ0) is 21.0. The molecule has 29 heavy (non-hydrogen) atoms. The molecular weight excluding hydrogens is 396 g/mol. The third-order valence-corrected chi connectivity index (χ3v) is 5.78. The molecule has 150 valence electrons. The number of carbonyl (C=O) groups excluding carboxylic acids is 1. The van der Waals surface area contributed by atoms with Gasteiger partial charge in [0.1, 0.15) is 22.8 Å². The highest BCUT2D eigenvalue weighted by Crippen LogP contribution is 2.22. The molecule has 3 rings (SSSR count). The molecular formula is C21H18O7S. The lowest BCUT2D eigenvalue weighted by Gasteiger charge is -2.05. The first-order chi connectivity index (χ1) is 13.8. The third kappa shape index (κ3) is 4.72. The Morgan fingerprint density at radius 3 is 2.31 bits per heavy atom. The lowest BCUT2D eigenvalue weighted by atomic mass is 10.2. The summed E-state index contributed by atoms with van der Waals surface area (Å²) >= 11 is 0. The zero-order valence-corrected chi connectivity index (χ0v) is 16.6. The number of allylic oxidation sites excluding steroid dienone is 1. The highest BCUT2D eigenvalue weighted by molar-refractivity contribution is 7.92. The fourth-order valence-electron chi connectivity index (χ4n) is 2.63. The lowest BCUT2D eigenvalue weighted by Crippen LogP contribution is -2.20. The maximum absolute atomic E-state index is 12.6. The van der Waals surface area contributed by atoms with E-state index in [-0.39, 0.29) is 5.58 Å². The molecule has 8 heteroatoms. The Hall–Kier alpha value is -3.39. The summed E-state index contributed by atoms with van der Waals surface area (Å²) < 4.78 is 40.3. The summed E-state index contributed by atoms with van der Waals surface area (Å²) in [4.78, 5) is 23.8. The zero-order valence-electron chi connectivity index (χ0n) is 15.7. The SMILES string of the molecule is COc1ccc(/C=C\C(=O)CS(=O)(=O)c2cc3ccc(OC)cc3oc2=O)cc1. The van der Waals surface area contributed by atoms with E-state index in [2.05, 4.69) is 0 Å². The smallest absolute Gasteiger partial charge is 0.355 e. The van der Waals surface area contributed by atoms with E-state index < -0.39 is 31.9 Å². The molecule has 0 spiro atoms. The molecule has 0 bridgehead atoms. The number of methoxy groups -OCH3 is 2. The maximum Gasteiger partial charge on any atom is 0.355 e. The Morgan fingerprint density at radius 1 is 1.00 bits per heavy atom. The molecule has 0 aliphatic heterocycles. The van der Waals surface area contributed by atoms with Crippen molar-refractivity contribution in [2.75, 3.05) is 20.0 Å². The second-order valence-electron chi connectivity index (χ2n) is 6.13. The van der Waals surface area contributed by atoms with Crippen LogP contribution in [0.4, 0.5) is 0 Å². The third-order valence-electron chi connectivity index (χ3n) is 4.16. The number of carbonyl (C=O) groups is 1. The van der Waals surface area contributed by atoms with Gasteiger partial charge in [0, 0.05) is 11.5 Å². The van der Waals surface area contributed by atoms with E-state index in [0.29, 0.717) is 22.4 Å². The van der Waals surface area contributed by atoms with Crippen molar-refractivity contribution in [1.29, 1.82) is 0 Å². The Kier molecular flexibility index (Phi) is 5.84. The molecule has 7 nitrogen and oxygen atoms in total. The summed E-state index contributed by atoms with van der Waals surface area (Å²) in [5.74, 6) is -0.367. The molecule has 0 atom stereocenters. The summed E-state index contributed by atoms with van der Waals surface area (Å²) in [6, 6.07) is 12.8. The Labute approximate surface area is 167 Å². The van der Waals surface area contributed by atoms with Crippen molar-refractivity contribution in [2.45, 2.75) is 4.90 Å². The van der Waals surface area contributed by atoms with Gasteiger partial charge < -0.3 is 13.9 Å². The molecule has 0 saturated heterocycles.